The number of ether oxygens (including phenoxy) is 1. The van der Waals surface area contributed by atoms with Gasteiger partial charge in [-0.25, -0.2) is 0 Å². The average molecular weight is 490 g/mol. The molecule has 2 aliphatic rings. The molecule has 0 bridgehead atoms. The van der Waals surface area contributed by atoms with E-state index in [0.717, 1.165) is 69.8 Å². The summed E-state index contributed by atoms with van der Waals surface area (Å²) in [6.07, 6.45) is 2.71. The Morgan fingerprint density at radius 3 is 2.53 bits per heavy atom. The van der Waals surface area contributed by atoms with Crippen LogP contribution in [0.2, 0.25) is 0 Å². The highest BCUT2D eigenvalue weighted by Gasteiger charge is 2.29. The lowest BCUT2D eigenvalue weighted by atomic mass is 9.96. The number of piperidine rings is 1. The van der Waals surface area contributed by atoms with Crippen molar-refractivity contribution < 1.29 is 14.1 Å². The Labute approximate surface area is 212 Å². The highest BCUT2D eigenvalue weighted by molar-refractivity contribution is 5.79. The fourth-order valence-electron chi connectivity index (χ4n) is 5.10. The van der Waals surface area contributed by atoms with Crippen LogP contribution < -0.4 is 15.0 Å². The molecule has 8 heteroatoms. The summed E-state index contributed by atoms with van der Waals surface area (Å²) in [5.74, 6) is 2.08. The minimum Gasteiger partial charge on any atom is -0.497 e. The molecule has 8 nitrogen and oxygen atoms in total. The zero-order valence-electron chi connectivity index (χ0n) is 21.2. The molecule has 2 fully saturated rings. The van der Waals surface area contributed by atoms with Gasteiger partial charge in [0.05, 0.1) is 7.11 Å². The normalized spacial score (nSPS) is 18.9. The standard InChI is InChI=1S/C28H35N5O3/c1-20-3-5-21(6-4-20)18-32-14-11-22(19-32)17-29-27(34)24-12-15-33(16-13-24)28-30-26(31-36-28)23-7-9-25(35-2)10-8-23/h3-10,22,24H,11-19H2,1-2H3,(H,29,34). The van der Waals surface area contributed by atoms with E-state index in [9.17, 15) is 4.79 Å². The molecule has 5 rings (SSSR count). The summed E-state index contributed by atoms with van der Waals surface area (Å²) in [6, 6.07) is 16.9. The quantitative estimate of drug-likeness (QED) is 0.514. The van der Waals surface area contributed by atoms with Gasteiger partial charge in [-0.15, -0.1) is 0 Å². The number of nitrogens with one attached hydrogen (secondary N) is 1. The molecule has 3 heterocycles. The summed E-state index contributed by atoms with van der Waals surface area (Å²) in [7, 11) is 1.64. The van der Waals surface area contributed by atoms with Gasteiger partial charge in [-0.2, -0.15) is 4.98 Å². The van der Waals surface area contributed by atoms with E-state index < -0.39 is 0 Å². The van der Waals surface area contributed by atoms with Crippen molar-refractivity contribution in [3.63, 3.8) is 0 Å². The van der Waals surface area contributed by atoms with Crippen LogP contribution in [0.25, 0.3) is 11.4 Å². The van der Waals surface area contributed by atoms with Crippen molar-refractivity contribution in [3.8, 4) is 17.1 Å². The average Bonchev–Trinajstić information content (AvgIpc) is 3.59. The van der Waals surface area contributed by atoms with Gasteiger partial charge in [0, 0.05) is 44.2 Å². The molecule has 2 aliphatic heterocycles. The Balaban J connectivity index is 1.04. The highest BCUT2D eigenvalue weighted by Crippen LogP contribution is 2.26. The van der Waals surface area contributed by atoms with E-state index >= 15 is 0 Å². The molecule has 2 aromatic carbocycles. The molecule has 0 saturated carbocycles. The maximum atomic E-state index is 12.8. The first-order valence-electron chi connectivity index (χ1n) is 12.9. The predicted molar refractivity (Wildman–Crippen MR) is 139 cm³/mol. The lowest BCUT2D eigenvalue weighted by molar-refractivity contribution is -0.125. The van der Waals surface area contributed by atoms with Crippen LogP contribution in [0.4, 0.5) is 6.01 Å². The number of rotatable bonds is 8. The zero-order chi connectivity index (χ0) is 24.9. The molecule has 0 aliphatic carbocycles. The van der Waals surface area contributed by atoms with Gasteiger partial charge in [0.25, 0.3) is 0 Å². The SMILES string of the molecule is COc1ccc(-c2noc(N3CCC(C(=O)NCC4CCN(Cc5ccc(C)cc5)C4)CC3)n2)cc1. The van der Waals surface area contributed by atoms with Gasteiger partial charge in [0.1, 0.15) is 5.75 Å². The van der Waals surface area contributed by atoms with E-state index in [1.165, 1.54) is 11.1 Å². The van der Waals surface area contributed by atoms with Crippen LogP contribution in [0.1, 0.15) is 30.4 Å². The molecular weight excluding hydrogens is 454 g/mol. The molecule has 3 aromatic rings. The lowest BCUT2D eigenvalue weighted by Crippen LogP contribution is -2.42. The van der Waals surface area contributed by atoms with Gasteiger partial charge >= 0.3 is 6.01 Å². The van der Waals surface area contributed by atoms with Crippen LogP contribution in [0.15, 0.2) is 53.1 Å². The zero-order valence-corrected chi connectivity index (χ0v) is 21.2. The van der Waals surface area contributed by atoms with E-state index in [-0.39, 0.29) is 11.8 Å². The van der Waals surface area contributed by atoms with Crippen LogP contribution in [-0.4, -0.2) is 60.8 Å². The summed E-state index contributed by atoms with van der Waals surface area (Å²) in [4.78, 5) is 22.0. The number of aryl methyl sites for hydroxylation is 1. The number of hydrogen-bond acceptors (Lipinski definition) is 7. The monoisotopic (exact) mass is 489 g/mol. The van der Waals surface area contributed by atoms with Crippen molar-refractivity contribution in [2.45, 2.75) is 32.7 Å². The predicted octanol–water partition coefficient (Wildman–Crippen LogP) is 3.91. The Kier molecular flexibility index (Phi) is 7.51. The van der Waals surface area contributed by atoms with E-state index in [4.69, 9.17) is 9.26 Å². The molecule has 1 N–H and O–H groups in total. The number of likely N-dealkylation sites (tertiary alicyclic amines) is 1. The number of anilines is 1. The maximum absolute atomic E-state index is 12.8. The minimum absolute atomic E-state index is 0.0373. The minimum atomic E-state index is 0.0373. The Hall–Kier alpha value is -3.39. The molecule has 1 amide bonds. The second kappa shape index (κ2) is 11.1. The fourth-order valence-corrected chi connectivity index (χ4v) is 5.10. The van der Waals surface area contributed by atoms with Crippen molar-refractivity contribution in [1.82, 2.24) is 20.4 Å². The van der Waals surface area contributed by atoms with Crippen molar-refractivity contribution in [3.05, 3.63) is 59.7 Å². The van der Waals surface area contributed by atoms with Gasteiger partial charge in [-0.05, 0) is 68.5 Å². The third-order valence-electron chi connectivity index (χ3n) is 7.36. The first-order valence-corrected chi connectivity index (χ1v) is 12.9. The molecule has 190 valence electrons. The van der Waals surface area contributed by atoms with Crippen molar-refractivity contribution >= 4 is 11.9 Å². The first-order chi connectivity index (χ1) is 17.6. The molecule has 1 atom stereocenters. The van der Waals surface area contributed by atoms with Crippen LogP contribution in [0.3, 0.4) is 0 Å². The number of amides is 1. The lowest BCUT2D eigenvalue weighted by Gasteiger charge is -2.30. The summed E-state index contributed by atoms with van der Waals surface area (Å²) in [5, 5.41) is 7.36. The molecule has 2 saturated heterocycles. The van der Waals surface area contributed by atoms with Crippen LogP contribution in [0, 0.1) is 18.8 Å². The summed E-state index contributed by atoms with van der Waals surface area (Å²) < 4.78 is 10.7. The Bertz CT molecular complexity index is 1140. The van der Waals surface area contributed by atoms with Gasteiger partial charge in [0.2, 0.25) is 11.7 Å². The van der Waals surface area contributed by atoms with Gasteiger partial charge in [0.15, 0.2) is 0 Å². The molecule has 0 radical (unpaired) electrons. The summed E-state index contributed by atoms with van der Waals surface area (Å²) >= 11 is 0. The number of benzene rings is 2. The summed E-state index contributed by atoms with van der Waals surface area (Å²) in [6.45, 7) is 7.46. The molecule has 1 aromatic heterocycles. The number of methoxy groups -OCH3 is 1. The van der Waals surface area contributed by atoms with Gasteiger partial charge < -0.3 is 19.5 Å². The highest BCUT2D eigenvalue weighted by atomic mass is 16.5. The van der Waals surface area contributed by atoms with Crippen LogP contribution in [0.5, 0.6) is 5.75 Å². The largest absolute Gasteiger partial charge is 0.497 e. The number of aromatic nitrogens is 2. The molecular formula is C28H35N5O3. The van der Waals surface area contributed by atoms with E-state index in [1.807, 2.05) is 24.3 Å². The topological polar surface area (TPSA) is 83.7 Å². The fraction of sp³-hybridized carbons (Fsp3) is 0.464. The molecule has 36 heavy (non-hydrogen) atoms. The number of carbonyl (C=O) groups is 1. The maximum Gasteiger partial charge on any atom is 0.324 e. The molecule has 1 unspecified atom stereocenters. The van der Waals surface area contributed by atoms with Crippen LogP contribution in [-0.2, 0) is 11.3 Å². The van der Waals surface area contributed by atoms with Gasteiger partial charge in [-0.3, -0.25) is 9.69 Å². The number of hydrogen-bond donors (Lipinski definition) is 1. The smallest absolute Gasteiger partial charge is 0.324 e. The number of nitrogens with zero attached hydrogens (tertiary/aromatic N) is 4. The van der Waals surface area contributed by atoms with E-state index in [1.54, 1.807) is 7.11 Å². The number of carbonyl (C=O) groups excluding carboxylic acids is 1. The second-order valence-corrected chi connectivity index (χ2v) is 10.0. The van der Waals surface area contributed by atoms with Crippen molar-refractivity contribution in [2.75, 3.05) is 44.7 Å². The van der Waals surface area contributed by atoms with Crippen molar-refractivity contribution in [2.24, 2.45) is 11.8 Å². The van der Waals surface area contributed by atoms with Crippen molar-refractivity contribution in [1.29, 1.82) is 0 Å². The third kappa shape index (κ3) is 5.87. The third-order valence-corrected chi connectivity index (χ3v) is 7.36. The Morgan fingerprint density at radius 1 is 1.06 bits per heavy atom. The first kappa shape index (κ1) is 24.3. The Morgan fingerprint density at radius 2 is 1.81 bits per heavy atom. The van der Waals surface area contributed by atoms with Crippen LogP contribution >= 0.6 is 0 Å². The summed E-state index contributed by atoms with van der Waals surface area (Å²) in [5.41, 5.74) is 3.53. The second-order valence-electron chi connectivity index (χ2n) is 10.0. The molecule has 0 spiro atoms. The van der Waals surface area contributed by atoms with E-state index in [2.05, 4.69) is 56.4 Å². The van der Waals surface area contributed by atoms with E-state index in [0.29, 0.717) is 17.8 Å². The van der Waals surface area contributed by atoms with Gasteiger partial charge in [-0.1, -0.05) is 35.0 Å².